The van der Waals surface area contributed by atoms with Gasteiger partial charge in [0, 0.05) is 16.1 Å². The molecule has 0 atom stereocenters. The predicted octanol–water partition coefficient (Wildman–Crippen LogP) is 4.30. The van der Waals surface area contributed by atoms with Crippen molar-refractivity contribution in [3.8, 4) is 11.6 Å². The number of benzene rings is 1. The molecule has 0 N–H and O–H groups in total. The highest BCUT2D eigenvalue weighted by molar-refractivity contribution is 9.10. The van der Waals surface area contributed by atoms with Gasteiger partial charge in [-0.1, -0.05) is 0 Å². The number of nitrogens with zero attached hydrogens (tertiary/aromatic N) is 2. The van der Waals surface area contributed by atoms with Gasteiger partial charge in [-0.05, 0) is 41.9 Å². The van der Waals surface area contributed by atoms with E-state index in [2.05, 4.69) is 20.9 Å². The molecule has 0 fully saturated rings. The highest BCUT2D eigenvalue weighted by Gasteiger charge is 2.17. The molecule has 0 bridgehead atoms. The molecule has 0 spiro atoms. The number of halogens is 2. The number of rotatable bonds is 3. The Labute approximate surface area is 122 Å². The molecule has 2 rings (SSSR count). The van der Waals surface area contributed by atoms with E-state index in [1.165, 1.54) is 13.0 Å². The number of nitro groups is 1. The molecule has 0 aliphatic carbocycles. The molecule has 0 unspecified atom stereocenters. The Morgan fingerprint density at radius 2 is 2.05 bits per heavy atom. The number of pyridine rings is 1. The third-order valence-electron chi connectivity index (χ3n) is 2.66. The lowest BCUT2D eigenvalue weighted by molar-refractivity contribution is -0.385. The van der Waals surface area contributed by atoms with Crippen molar-refractivity contribution in [3.63, 3.8) is 0 Å². The van der Waals surface area contributed by atoms with E-state index in [0.29, 0.717) is 11.3 Å². The lowest BCUT2D eigenvalue weighted by Crippen LogP contribution is -1.97. The van der Waals surface area contributed by atoms with Crippen LogP contribution < -0.4 is 4.74 Å². The van der Waals surface area contributed by atoms with Crippen LogP contribution in [0.25, 0.3) is 0 Å². The van der Waals surface area contributed by atoms with Gasteiger partial charge in [0.25, 0.3) is 5.69 Å². The van der Waals surface area contributed by atoms with Crippen LogP contribution in [0, 0.1) is 29.8 Å². The van der Waals surface area contributed by atoms with E-state index in [9.17, 15) is 14.5 Å². The van der Waals surface area contributed by atoms with Crippen LogP contribution in [0.2, 0.25) is 0 Å². The molecule has 0 radical (unpaired) electrons. The number of hydrogen-bond acceptors (Lipinski definition) is 4. The van der Waals surface area contributed by atoms with Gasteiger partial charge >= 0.3 is 0 Å². The van der Waals surface area contributed by atoms with E-state index in [1.807, 2.05) is 0 Å². The molecule has 0 saturated heterocycles. The lowest BCUT2D eigenvalue weighted by Gasteiger charge is -2.08. The minimum Gasteiger partial charge on any atom is -0.436 e. The second-order valence-corrected chi connectivity index (χ2v) is 5.00. The second-order valence-electron chi connectivity index (χ2n) is 4.15. The molecular weight excluding hydrogens is 331 g/mol. The molecule has 104 valence electrons. The van der Waals surface area contributed by atoms with Crippen LogP contribution in [0.4, 0.5) is 10.1 Å². The molecule has 1 aromatic heterocycles. The Balaban J connectivity index is 2.36. The number of aromatic nitrogens is 1. The van der Waals surface area contributed by atoms with Crippen molar-refractivity contribution in [3.05, 3.63) is 55.9 Å². The summed E-state index contributed by atoms with van der Waals surface area (Å²) in [5, 5.41) is 10.7. The van der Waals surface area contributed by atoms with Gasteiger partial charge in [0.15, 0.2) is 11.6 Å². The van der Waals surface area contributed by atoms with Gasteiger partial charge in [-0.3, -0.25) is 10.1 Å². The fraction of sp³-hybridized carbons (Fsp3) is 0.154. The largest absolute Gasteiger partial charge is 0.436 e. The van der Waals surface area contributed by atoms with Crippen LogP contribution in [0.3, 0.4) is 0 Å². The first-order valence-electron chi connectivity index (χ1n) is 5.64. The van der Waals surface area contributed by atoms with Crippen LogP contribution >= 0.6 is 15.9 Å². The Kier molecular flexibility index (Phi) is 3.99. The highest BCUT2D eigenvalue weighted by Crippen LogP contribution is 2.30. The molecule has 7 heteroatoms. The van der Waals surface area contributed by atoms with Crippen molar-refractivity contribution in [2.75, 3.05) is 0 Å². The van der Waals surface area contributed by atoms with Crippen molar-refractivity contribution in [2.24, 2.45) is 0 Å². The van der Waals surface area contributed by atoms with Gasteiger partial charge in [-0.15, -0.1) is 0 Å². The summed E-state index contributed by atoms with van der Waals surface area (Å²) in [5.41, 5.74) is 0.733. The maximum atomic E-state index is 13.8. The molecule has 1 aromatic carbocycles. The van der Waals surface area contributed by atoms with Gasteiger partial charge in [-0.25, -0.2) is 9.37 Å². The van der Waals surface area contributed by atoms with Gasteiger partial charge in [0.2, 0.25) is 5.88 Å². The van der Waals surface area contributed by atoms with Gasteiger partial charge in [0.05, 0.1) is 16.7 Å². The average Bonchev–Trinajstić information content (AvgIpc) is 2.37. The molecule has 20 heavy (non-hydrogen) atoms. The van der Waals surface area contributed by atoms with E-state index in [0.717, 1.165) is 10.5 Å². The fourth-order valence-corrected chi connectivity index (χ4v) is 1.83. The molecule has 1 heterocycles. The van der Waals surface area contributed by atoms with Crippen LogP contribution in [-0.2, 0) is 0 Å². The molecule has 2 aromatic rings. The number of aryl methyl sites for hydroxylation is 2. The van der Waals surface area contributed by atoms with E-state index in [4.69, 9.17) is 4.74 Å². The van der Waals surface area contributed by atoms with Gasteiger partial charge < -0.3 is 4.74 Å². The van der Waals surface area contributed by atoms with Gasteiger partial charge in [0.1, 0.15) is 0 Å². The monoisotopic (exact) mass is 340 g/mol. The molecule has 0 aliphatic rings. The third kappa shape index (κ3) is 2.93. The van der Waals surface area contributed by atoms with E-state index >= 15 is 0 Å². The molecule has 0 amide bonds. The Morgan fingerprint density at radius 1 is 1.35 bits per heavy atom. The third-order valence-corrected chi connectivity index (χ3v) is 3.50. The Hall–Kier alpha value is -2.02. The highest BCUT2D eigenvalue weighted by atomic mass is 79.9. The lowest BCUT2D eigenvalue weighted by atomic mass is 10.2. The quantitative estimate of drug-likeness (QED) is 0.617. The van der Waals surface area contributed by atoms with Crippen molar-refractivity contribution in [1.82, 2.24) is 4.98 Å². The zero-order valence-electron chi connectivity index (χ0n) is 10.7. The van der Waals surface area contributed by atoms with Crippen LogP contribution in [0.5, 0.6) is 11.6 Å². The average molecular weight is 341 g/mol. The first-order chi connectivity index (χ1) is 9.38. The van der Waals surface area contributed by atoms with E-state index < -0.39 is 10.7 Å². The van der Waals surface area contributed by atoms with Crippen LogP contribution in [0.15, 0.2) is 28.7 Å². The van der Waals surface area contributed by atoms with Crippen molar-refractivity contribution in [1.29, 1.82) is 0 Å². The molecule has 5 nitrogen and oxygen atoms in total. The maximum absolute atomic E-state index is 13.8. The van der Waals surface area contributed by atoms with Crippen molar-refractivity contribution < 1.29 is 14.1 Å². The smallest absolute Gasteiger partial charge is 0.275 e. The maximum Gasteiger partial charge on any atom is 0.275 e. The summed E-state index contributed by atoms with van der Waals surface area (Å²) in [6, 6.07) is 5.43. The summed E-state index contributed by atoms with van der Waals surface area (Å²) in [5.74, 6) is -0.676. The van der Waals surface area contributed by atoms with Crippen molar-refractivity contribution in [2.45, 2.75) is 13.8 Å². The summed E-state index contributed by atoms with van der Waals surface area (Å²) in [6.45, 7) is 3.29. The summed E-state index contributed by atoms with van der Waals surface area (Å²) in [7, 11) is 0. The standard InChI is InChI=1S/C13H10BrFN2O3/c1-7-5-12(10(15)6-11(7)17(18)19)20-13-4-3-9(14)8(2)16-13/h3-6H,1-2H3. The van der Waals surface area contributed by atoms with E-state index in [-0.39, 0.29) is 17.3 Å². The topological polar surface area (TPSA) is 65.3 Å². The Morgan fingerprint density at radius 3 is 2.65 bits per heavy atom. The van der Waals surface area contributed by atoms with E-state index in [1.54, 1.807) is 19.1 Å². The zero-order valence-corrected chi connectivity index (χ0v) is 12.3. The van der Waals surface area contributed by atoms with Gasteiger partial charge in [-0.2, -0.15) is 0 Å². The minimum absolute atomic E-state index is 0.0951. The summed E-state index contributed by atoms with van der Waals surface area (Å²) >= 11 is 3.30. The fourth-order valence-electron chi connectivity index (χ4n) is 1.61. The van der Waals surface area contributed by atoms with Crippen molar-refractivity contribution >= 4 is 21.6 Å². The summed E-state index contributed by atoms with van der Waals surface area (Å²) in [4.78, 5) is 14.2. The molecular formula is C13H10BrFN2O3. The predicted molar refractivity (Wildman–Crippen MR) is 74.5 cm³/mol. The zero-order chi connectivity index (χ0) is 14.9. The second kappa shape index (κ2) is 5.54. The SMILES string of the molecule is Cc1cc(Oc2ccc(Br)c(C)n2)c(F)cc1[N+](=O)[O-]. The molecule has 0 saturated carbocycles. The summed E-state index contributed by atoms with van der Waals surface area (Å²) < 4.78 is 19.9. The normalized spacial score (nSPS) is 10.4. The number of hydrogen-bond donors (Lipinski definition) is 0. The summed E-state index contributed by atoms with van der Waals surface area (Å²) in [6.07, 6.45) is 0. The van der Waals surface area contributed by atoms with Crippen LogP contribution in [-0.4, -0.2) is 9.91 Å². The Bertz CT molecular complexity index is 692. The first-order valence-corrected chi connectivity index (χ1v) is 6.43. The van der Waals surface area contributed by atoms with Crippen LogP contribution in [0.1, 0.15) is 11.3 Å². The minimum atomic E-state index is -0.801. The molecule has 0 aliphatic heterocycles. The number of nitro benzene ring substituents is 1. The number of ether oxygens (including phenoxy) is 1. The first kappa shape index (κ1) is 14.4.